The number of nitrogens with one attached hydrogen (secondary N) is 1. The largest absolute Gasteiger partial charge is 0.447 e. The number of hydrogen-bond acceptors (Lipinski definition) is 3. The van der Waals surface area contributed by atoms with Crippen LogP contribution in [0.3, 0.4) is 0 Å². The van der Waals surface area contributed by atoms with Crippen molar-refractivity contribution in [2.24, 2.45) is 0 Å². The summed E-state index contributed by atoms with van der Waals surface area (Å²) in [6, 6.07) is 13.8. The molecule has 6 nitrogen and oxygen atoms in total. The average Bonchev–Trinajstić information content (AvgIpc) is 3.12. The van der Waals surface area contributed by atoms with Crippen molar-refractivity contribution < 1.29 is 14.3 Å². The van der Waals surface area contributed by atoms with Gasteiger partial charge in [-0.25, -0.2) is 9.59 Å². The third-order valence-corrected chi connectivity index (χ3v) is 5.54. The first-order valence-corrected chi connectivity index (χ1v) is 10.0. The van der Waals surface area contributed by atoms with Crippen LogP contribution in [-0.2, 0) is 23.1 Å². The highest BCUT2D eigenvalue weighted by atomic mass is 16.6. The number of amides is 3. The van der Waals surface area contributed by atoms with Gasteiger partial charge in [-0.1, -0.05) is 45.0 Å². The van der Waals surface area contributed by atoms with Gasteiger partial charge in [0.25, 0.3) is 0 Å². The number of carbonyl (C=O) groups is 2. The zero-order chi connectivity index (χ0) is 20.6. The lowest BCUT2D eigenvalue weighted by atomic mass is 9.84. The molecule has 0 spiro atoms. The Morgan fingerprint density at radius 3 is 2.62 bits per heavy atom. The maximum atomic E-state index is 12.9. The van der Waals surface area contributed by atoms with E-state index in [0.717, 1.165) is 12.1 Å². The Balaban J connectivity index is 1.47. The number of fused-ring (bicyclic) bond motifs is 1. The maximum absolute atomic E-state index is 12.9. The number of urea groups is 1. The lowest BCUT2D eigenvalue weighted by Crippen LogP contribution is -2.39. The number of anilines is 2. The third kappa shape index (κ3) is 4.06. The first-order chi connectivity index (χ1) is 13.8. The van der Waals surface area contributed by atoms with E-state index in [0.29, 0.717) is 31.9 Å². The van der Waals surface area contributed by atoms with Gasteiger partial charge < -0.3 is 15.0 Å². The van der Waals surface area contributed by atoms with E-state index in [1.807, 2.05) is 23.1 Å². The number of nitrogens with zero attached hydrogens (tertiary/aromatic N) is 2. The summed E-state index contributed by atoms with van der Waals surface area (Å²) in [4.78, 5) is 28.1. The second-order valence-electron chi connectivity index (χ2n) is 8.65. The van der Waals surface area contributed by atoms with Gasteiger partial charge in [0.15, 0.2) is 0 Å². The molecule has 2 aromatic rings. The average molecular weight is 393 g/mol. The second kappa shape index (κ2) is 7.43. The zero-order valence-corrected chi connectivity index (χ0v) is 17.2. The highest BCUT2D eigenvalue weighted by Crippen LogP contribution is 2.28. The highest BCUT2D eigenvalue weighted by molar-refractivity contribution is 5.93. The van der Waals surface area contributed by atoms with Crippen molar-refractivity contribution in [2.75, 3.05) is 29.9 Å². The minimum absolute atomic E-state index is 0.0801. The fourth-order valence-corrected chi connectivity index (χ4v) is 3.78. The normalized spacial score (nSPS) is 16.4. The minimum atomic E-state index is -0.351. The number of hydrogen-bond donors (Lipinski definition) is 1. The monoisotopic (exact) mass is 393 g/mol. The summed E-state index contributed by atoms with van der Waals surface area (Å²) in [7, 11) is 0. The lowest BCUT2D eigenvalue weighted by molar-refractivity contribution is 0.181. The van der Waals surface area contributed by atoms with Crippen molar-refractivity contribution in [1.29, 1.82) is 0 Å². The topological polar surface area (TPSA) is 61.9 Å². The Morgan fingerprint density at radius 1 is 1.07 bits per heavy atom. The summed E-state index contributed by atoms with van der Waals surface area (Å²) >= 11 is 0. The van der Waals surface area contributed by atoms with Crippen LogP contribution in [0, 0.1) is 0 Å². The van der Waals surface area contributed by atoms with Crippen molar-refractivity contribution in [3.8, 4) is 0 Å². The molecule has 0 saturated carbocycles. The van der Waals surface area contributed by atoms with Crippen LogP contribution in [0.2, 0.25) is 0 Å². The molecule has 2 heterocycles. The first kappa shape index (κ1) is 19.3. The van der Waals surface area contributed by atoms with Crippen molar-refractivity contribution in [1.82, 2.24) is 4.90 Å². The number of cyclic esters (lactones) is 1. The molecule has 2 aliphatic heterocycles. The summed E-state index contributed by atoms with van der Waals surface area (Å²) in [6.45, 7) is 8.80. The Labute approximate surface area is 171 Å². The summed E-state index contributed by atoms with van der Waals surface area (Å²) in [5.41, 5.74) is 5.29. The van der Waals surface area contributed by atoms with Crippen LogP contribution in [-0.4, -0.2) is 36.7 Å². The molecule has 0 bridgehead atoms. The molecule has 0 aliphatic carbocycles. The number of benzene rings is 2. The van der Waals surface area contributed by atoms with Gasteiger partial charge in [0.05, 0.1) is 6.54 Å². The Bertz CT molecular complexity index is 949. The Kier molecular flexibility index (Phi) is 4.94. The van der Waals surface area contributed by atoms with Gasteiger partial charge in [0.1, 0.15) is 6.61 Å². The van der Waals surface area contributed by atoms with Gasteiger partial charge in [0, 0.05) is 24.5 Å². The van der Waals surface area contributed by atoms with Crippen molar-refractivity contribution in [2.45, 2.75) is 39.2 Å². The van der Waals surface area contributed by atoms with Gasteiger partial charge >= 0.3 is 12.1 Å². The van der Waals surface area contributed by atoms with Crippen molar-refractivity contribution >= 4 is 23.5 Å². The van der Waals surface area contributed by atoms with Crippen molar-refractivity contribution in [3.05, 3.63) is 59.2 Å². The Morgan fingerprint density at radius 2 is 1.90 bits per heavy atom. The molecule has 1 saturated heterocycles. The summed E-state index contributed by atoms with van der Waals surface area (Å²) in [6.07, 6.45) is 0.503. The van der Waals surface area contributed by atoms with Crippen LogP contribution < -0.4 is 10.2 Å². The molecule has 29 heavy (non-hydrogen) atoms. The van der Waals surface area contributed by atoms with Gasteiger partial charge in [-0.05, 0) is 46.7 Å². The summed E-state index contributed by atoms with van der Waals surface area (Å²) in [5, 5.41) is 2.97. The van der Waals surface area contributed by atoms with E-state index >= 15 is 0 Å². The zero-order valence-electron chi connectivity index (χ0n) is 17.2. The van der Waals surface area contributed by atoms with Crippen LogP contribution in [0.1, 0.15) is 37.5 Å². The number of ether oxygens (including phenoxy) is 1. The molecule has 1 N–H and O–H groups in total. The van der Waals surface area contributed by atoms with Crippen LogP contribution in [0.4, 0.5) is 21.0 Å². The summed E-state index contributed by atoms with van der Waals surface area (Å²) < 4.78 is 4.99. The van der Waals surface area contributed by atoms with E-state index in [2.05, 4.69) is 44.3 Å². The minimum Gasteiger partial charge on any atom is -0.447 e. The number of rotatable bonds is 2. The smallest absolute Gasteiger partial charge is 0.414 e. The molecule has 152 valence electrons. The number of carbonyl (C=O) groups excluding carboxylic acids is 2. The fraction of sp³-hybridized carbons (Fsp3) is 0.391. The van der Waals surface area contributed by atoms with Crippen LogP contribution >= 0.6 is 0 Å². The molecule has 0 aromatic heterocycles. The molecule has 0 radical (unpaired) electrons. The first-order valence-electron chi connectivity index (χ1n) is 10.0. The quantitative estimate of drug-likeness (QED) is 0.815. The molecule has 6 heteroatoms. The van der Waals surface area contributed by atoms with Gasteiger partial charge in [-0.15, -0.1) is 0 Å². The predicted octanol–water partition coefficient (Wildman–Crippen LogP) is 4.53. The van der Waals surface area contributed by atoms with E-state index in [1.54, 1.807) is 11.0 Å². The molecule has 0 atom stereocenters. The van der Waals surface area contributed by atoms with Crippen LogP contribution in [0.15, 0.2) is 42.5 Å². The highest BCUT2D eigenvalue weighted by Gasteiger charge is 2.25. The van der Waals surface area contributed by atoms with Crippen LogP contribution in [0.25, 0.3) is 0 Å². The lowest BCUT2D eigenvalue weighted by Gasteiger charge is -2.30. The van der Waals surface area contributed by atoms with Crippen LogP contribution in [0.5, 0.6) is 0 Å². The molecular weight excluding hydrogens is 366 g/mol. The molecule has 1 fully saturated rings. The van der Waals surface area contributed by atoms with Crippen molar-refractivity contribution in [3.63, 3.8) is 0 Å². The second-order valence-corrected chi connectivity index (χ2v) is 8.65. The third-order valence-electron chi connectivity index (χ3n) is 5.54. The Hall–Kier alpha value is -3.02. The van der Waals surface area contributed by atoms with E-state index < -0.39 is 0 Å². The fourth-order valence-electron chi connectivity index (χ4n) is 3.78. The standard InChI is InChI=1S/C23H27N3O3/c1-23(2,3)18-8-7-16-9-10-25(15-17(16)13-18)21(27)24-19-5-4-6-20(14-19)26-11-12-29-22(26)28/h4-8,13-14H,9-12,15H2,1-3H3,(H,24,27). The maximum Gasteiger partial charge on any atom is 0.414 e. The summed E-state index contributed by atoms with van der Waals surface area (Å²) in [5.74, 6) is 0. The SMILES string of the molecule is CC(C)(C)c1ccc2c(c1)CN(C(=O)Nc1cccc(N3CCOC3=O)c1)CC2. The molecule has 0 unspecified atom stereocenters. The molecule has 4 rings (SSSR count). The molecule has 2 aromatic carbocycles. The molecular formula is C23H27N3O3. The van der Waals surface area contributed by atoms with E-state index in [1.165, 1.54) is 16.7 Å². The van der Waals surface area contributed by atoms with E-state index in [9.17, 15) is 9.59 Å². The van der Waals surface area contributed by atoms with Gasteiger partial charge in [0.2, 0.25) is 0 Å². The van der Waals surface area contributed by atoms with E-state index in [-0.39, 0.29) is 17.5 Å². The molecule has 3 amide bonds. The molecule has 2 aliphatic rings. The van der Waals surface area contributed by atoms with Gasteiger partial charge in [-0.2, -0.15) is 0 Å². The van der Waals surface area contributed by atoms with E-state index in [4.69, 9.17) is 4.74 Å². The predicted molar refractivity (Wildman–Crippen MR) is 113 cm³/mol. The van der Waals surface area contributed by atoms with Gasteiger partial charge in [-0.3, -0.25) is 4.90 Å².